The van der Waals surface area contributed by atoms with Gasteiger partial charge in [-0.25, -0.2) is 4.98 Å². The van der Waals surface area contributed by atoms with Crippen LogP contribution in [0.1, 0.15) is 36.1 Å². The van der Waals surface area contributed by atoms with Crippen molar-refractivity contribution in [2.45, 2.75) is 39.0 Å². The Labute approximate surface area is 94.3 Å². The number of hydrogen-bond acceptors (Lipinski definition) is 3. The van der Waals surface area contributed by atoms with Gasteiger partial charge in [0, 0.05) is 5.69 Å². The molecule has 0 amide bonds. The van der Waals surface area contributed by atoms with Crippen LogP contribution >= 0.6 is 0 Å². The molecule has 2 aromatic heterocycles. The number of pyridine rings is 1. The standard InChI is InChI=1S/C12H16N4/c1-7-8-5-3-2-4-6-9(8)10-11(13)15-16-12(10)14-7/h2-6H2,1H3,(H3,13,14,15,16). The van der Waals surface area contributed by atoms with Gasteiger partial charge in [-0.3, -0.25) is 5.10 Å². The van der Waals surface area contributed by atoms with Crippen LogP contribution in [0.2, 0.25) is 0 Å². The van der Waals surface area contributed by atoms with Crippen LogP contribution in [-0.4, -0.2) is 15.2 Å². The van der Waals surface area contributed by atoms with Crippen molar-refractivity contribution in [3.8, 4) is 0 Å². The molecule has 3 N–H and O–H groups in total. The lowest BCUT2D eigenvalue weighted by atomic mass is 9.99. The number of nitrogen functional groups attached to an aromatic ring is 1. The van der Waals surface area contributed by atoms with E-state index in [2.05, 4.69) is 22.1 Å². The summed E-state index contributed by atoms with van der Waals surface area (Å²) in [4.78, 5) is 4.53. The predicted octanol–water partition coefficient (Wildman–Crippen LogP) is 2.12. The molecule has 2 heterocycles. The maximum atomic E-state index is 5.94. The second-order valence-corrected chi connectivity index (χ2v) is 4.55. The minimum Gasteiger partial charge on any atom is -0.384 e. The quantitative estimate of drug-likeness (QED) is 0.663. The van der Waals surface area contributed by atoms with Gasteiger partial charge >= 0.3 is 0 Å². The van der Waals surface area contributed by atoms with Crippen molar-refractivity contribution in [1.29, 1.82) is 0 Å². The minimum absolute atomic E-state index is 0.667. The zero-order valence-electron chi connectivity index (χ0n) is 9.51. The van der Waals surface area contributed by atoms with Crippen LogP contribution in [0.15, 0.2) is 0 Å². The Hall–Kier alpha value is -1.58. The Morgan fingerprint density at radius 3 is 2.69 bits per heavy atom. The monoisotopic (exact) mass is 216 g/mol. The molecule has 1 aliphatic carbocycles. The highest BCUT2D eigenvalue weighted by atomic mass is 15.2. The topological polar surface area (TPSA) is 67.6 Å². The van der Waals surface area contributed by atoms with Crippen molar-refractivity contribution in [1.82, 2.24) is 15.2 Å². The van der Waals surface area contributed by atoms with Gasteiger partial charge in [-0.2, -0.15) is 5.10 Å². The third kappa shape index (κ3) is 1.29. The van der Waals surface area contributed by atoms with E-state index in [9.17, 15) is 0 Å². The van der Waals surface area contributed by atoms with Crippen LogP contribution in [0.25, 0.3) is 11.0 Å². The van der Waals surface area contributed by atoms with E-state index in [4.69, 9.17) is 5.73 Å². The van der Waals surface area contributed by atoms with Crippen molar-refractivity contribution in [2.75, 3.05) is 5.73 Å². The summed E-state index contributed by atoms with van der Waals surface area (Å²) in [5.41, 5.74) is 10.6. The van der Waals surface area contributed by atoms with Crippen LogP contribution in [0, 0.1) is 6.92 Å². The van der Waals surface area contributed by atoms with E-state index in [1.54, 1.807) is 0 Å². The first-order valence-corrected chi connectivity index (χ1v) is 5.89. The van der Waals surface area contributed by atoms with Gasteiger partial charge in [-0.1, -0.05) is 6.42 Å². The lowest BCUT2D eigenvalue weighted by Crippen LogP contribution is -2.00. The lowest BCUT2D eigenvalue weighted by Gasteiger charge is -2.09. The SMILES string of the molecule is Cc1nc2n[nH]c(N)c2c2c1CCCCC2. The maximum absolute atomic E-state index is 5.94. The Kier molecular flexibility index (Phi) is 2.09. The molecule has 0 unspecified atom stereocenters. The maximum Gasteiger partial charge on any atom is 0.183 e. The van der Waals surface area contributed by atoms with Crippen LogP contribution in [-0.2, 0) is 12.8 Å². The van der Waals surface area contributed by atoms with Crippen molar-refractivity contribution < 1.29 is 0 Å². The molecule has 4 heteroatoms. The Balaban J connectivity index is 2.35. The first-order valence-electron chi connectivity index (χ1n) is 5.89. The highest BCUT2D eigenvalue weighted by Gasteiger charge is 2.18. The number of aromatic amines is 1. The molecule has 0 saturated heterocycles. The van der Waals surface area contributed by atoms with Crippen molar-refractivity contribution >= 4 is 16.9 Å². The van der Waals surface area contributed by atoms with Gasteiger partial charge < -0.3 is 5.73 Å². The molecule has 16 heavy (non-hydrogen) atoms. The van der Waals surface area contributed by atoms with Gasteiger partial charge in [0.25, 0.3) is 0 Å². The fraction of sp³-hybridized carbons (Fsp3) is 0.500. The highest BCUT2D eigenvalue weighted by molar-refractivity contribution is 5.90. The molecular formula is C12H16N4. The normalized spacial score (nSPS) is 16.1. The number of aryl methyl sites for hydroxylation is 2. The fourth-order valence-electron chi connectivity index (χ4n) is 2.71. The van der Waals surface area contributed by atoms with E-state index >= 15 is 0 Å². The smallest absolute Gasteiger partial charge is 0.183 e. The Morgan fingerprint density at radius 1 is 1.12 bits per heavy atom. The summed E-state index contributed by atoms with van der Waals surface area (Å²) in [5, 5.41) is 8.05. The number of rotatable bonds is 0. The van der Waals surface area contributed by atoms with E-state index in [0.29, 0.717) is 5.82 Å². The molecule has 1 aliphatic rings. The zero-order valence-corrected chi connectivity index (χ0v) is 9.51. The summed E-state index contributed by atoms with van der Waals surface area (Å²) < 4.78 is 0. The summed E-state index contributed by atoms with van der Waals surface area (Å²) in [7, 11) is 0. The number of nitrogens with zero attached hydrogens (tertiary/aromatic N) is 2. The van der Waals surface area contributed by atoms with Crippen LogP contribution in [0.4, 0.5) is 5.82 Å². The molecule has 0 radical (unpaired) electrons. The number of anilines is 1. The van der Waals surface area contributed by atoms with Crippen LogP contribution in [0.3, 0.4) is 0 Å². The molecule has 0 fully saturated rings. The lowest BCUT2D eigenvalue weighted by molar-refractivity contribution is 0.711. The molecule has 0 bridgehead atoms. The van der Waals surface area contributed by atoms with Crippen molar-refractivity contribution in [3.05, 3.63) is 16.8 Å². The number of H-pyrrole nitrogens is 1. The summed E-state index contributed by atoms with van der Waals surface area (Å²) >= 11 is 0. The summed E-state index contributed by atoms with van der Waals surface area (Å²) in [6.07, 6.45) is 6.05. The van der Waals surface area contributed by atoms with E-state index < -0.39 is 0 Å². The molecule has 0 saturated carbocycles. The third-order valence-corrected chi connectivity index (χ3v) is 3.51. The second-order valence-electron chi connectivity index (χ2n) is 4.55. The molecule has 0 aliphatic heterocycles. The molecular weight excluding hydrogens is 200 g/mol. The first kappa shape index (κ1) is 9.63. The van der Waals surface area contributed by atoms with Crippen LogP contribution in [0.5, 0.6) is 0 Å². The number of aromatic nitrogens is 3. The Bertz CT molecular complexity index is 541. The molecule has 0 aromatic carbocycles. The highest BCUT2D eigenvalue weighted by Crippen LogP contribution is 2.30. The number of nitrogens with one attached hydrogen (secondary N) is 1. The molecule has 2 aromatic rings. The number of fused-ring (bicyclic) bond motifs is 3. The number of hydrogen-bond donors (Lipinski definition) is 2. The largest absolute Gasteiger partial charge is 0.384 e. The van der Waals surface area contributed by atoms with Gasteiger partial charge in [0.15, 0.2) is 5.65 Å². The first-order chi connectivity index (χ1) is 7.77. The number of nitrogens with two attached hydrogens (primary N) is 1. The van der Waals surface area contributed by atoms with Gasteiger partial charge in [0.1, 0.15) is 5.82 Å². The van der Waals surface area contributed by atoms with Gasteiger partial charge in [0.2, 0.25) is 0 Å². The van der Waals surface area contributed by atoms with E-state index in [1.165, 1.54) is 30.4 Å². The average Bonchev–Trinajstić information content (AvgIpc) is 2.53. The minimum atomic E-state index is 0.667. The van der Waals surface area contributed by atoms with Gasteiger partial charge in [-0.15, -0.1) is 0 Å². The Morgan fingerprint density at radius 2 is 1.88 bits per heavy atom. The molecule has 84 valence electrons. The second kappa shape index (κ2) is 3.47. The third-order valence-electron chi connectivity index (χ3n) is 3.51. The molecule has 0 spiro atoms. The summed E-state index contributed by atoms with van der Waals surface area (Å²) in [6.45, 7) is 2.08. The summed E-state index contributed by atoms with van der Waals surface area (Å²) in [6, 6.07) is 0. The van der Waals surface area contributed by atoms with Crippen LogP contribution < -0.4 is 5.73 Å². The van der Waals surface area contributed by atoms with Gasteiger partial charge in [0.05, 0.1) is 5.39 Å². The molecule has 4 nitrogen and oxygen atoms in total. The van der Waals surface area contributed by atoms with E-state index in [1.807, 2.05) is 0 Å². The van der Waals surface area contributed by atoms with Crippen molar-refractivity contribution in [3.63, 3.8) is 0 Å². The van der Waals surface area contributed by atoms with Crippen molar-refractivity contribution in [2.24, 2.45) is 0 Å². The van der Waals surface area contributed by atoms with E-state index in [-0.39, 0.29) is 0 Å². The fourth-order valence-corrected chi connectivity index (χ4v) is 2.71. The predicted molar refractivity (Wildman–Crippen MR) is 64.3 cm³/mol. The molecule has 0 atom stereocenters. The van der Waals surface area contributed by atoms with E-state index in [0.717, 1.165) is 29.6 Å². The zero-order chi connectivity index (χ0) is 11.1. The summed E-state index contributed by atoms with van der Waals surface area (Å²) in [5.74, 6) is 0.667. The average molecular weight is 216 g/mol. The molecule has 3 rings (SSSR count). The van der Waals surface area contributed by atoms with Gasteiger partial charge in [-0.05, 0) is 43.7 Å².